The van der Waals surface area contributed by atoms with E-state index in [-0.39, 0.29) is 18.2 Å². The molecule has 0 radical (unpaired) electrons. The Morgan fingerprint density at radius 2 is 2.09 bits per heavy atom. The van der Waals surface area contributed by atoms with Crippen LogP contribution in [-0.2, 0) is 20.9 Å². The number of aromatic nitrogens is 2. The minimum absolute atomic E-state index is 0.0282. The largest absolute Gasteiger partial charge is 0.467 e. The third-order valence-corrected chi connectivity index (χ3v) is 3.79. The van der Waals surface area contributed by atoms with Gasteiger partial charge in [0.1, 0.15) is 6.04 Å². The molecule has 1 heterocycles. The molecule has 0 aliphatic rings. The molecular formula is C17H23N3O3. The van der Waals surface area contributed by atoms with Crippen molar-refractivity contribution < 1.29 is 14.3 Å². The van der Waals surface area contributed by atoms with Crippen LogP contribution in [0.3, 0.4) is 0 Å². The van der Waals surface area contributed by atoms with Gasteiger partial charge in [-0.2, -0.15) is 5.10 Å². The monoisotopic (exact) mass is 317 g/mol. The molecule has 1 aromatic carbocycles. The molecule has 0 saturated carbocycles. The molecule has 2 rings (SSSR count). The number of rotatable bonds is 6. The van der Waals surface area contributed by atoms with Gasteiger partial charge in [-0.05, 0) is 24.5 Å². The zero-order chi connectivity index (χ0) is 17.0. The first-order valence-electron chi connectivity index (χ1n) is 7.71. The number of amides is 1. The Bertz CT molecular complexity index is 706. The van der Waals surface area contributed by atoms with Crippen molar-refractivity contribution in [1.29, 1.82) is 0 Å². The lowest BCUT2D eigenvalue weighted by Crippen LogP contribution is -2.45. The summed E-state index contributed by atoms with van der Waals surface area (Å²) in [6.45, 7) is 6.22. The van der Waals surface area contributed by atoms with Crippen LogP contribution in [-0.4, -0.2) is 34.8 Å². The van der Waals surface area contributed by atoms with E-state index < -0.39 is 12.0 Å². The zero-order valence-electron chi connectivity index (χ0n) is 14.0. The molecule has 0 aliphatic carbocycles. The number of aryl methyl sites for hydroxylation is 2. The van der Waals surface area contributed by atoms with Crippen molar-refractivity contribution in [2.45, 2.75) is 39.8 Å². The van der Waals surface area contributed by atoms with Crippen LogP contribution in [0.25, 0.3) is 10.9 Å². The van der Waals surface area contributed by atoms with E-state index in [2.05, 4.69) is 10.4 Å². The number of benzene rings is 1. The number of hydrogen-bond acceptors (Lipinski definition) is 4. The number of nitrogens with one attached hydrogen (secondary N) is 1. The normalized spacial score (nSPS) is 12.4. The minimum Gasteiger partial charge on any atom is -0.467 e. The molecular weight excluding hydrogens is 294 g/mol. The summed E-state index contributed by atoms with van der Waals surface area (Å²) < 4.78 is 6.53. The van der Waals surface area contributed by atoms with Crippen molar-refractivity contribution in [3.05, 3.63) is 30.0 Å². The molecule has 0 saturated heterocycles. The first-order chi connectivity index (χ1) is 10.9. The number of methoxy groups -OCH3 is 1. The first-order valence-corrected chi connectivity index (χ1v) is 7.71. The fourth-order valence-corrected chi connectivity index (χ4v) is 2.44. The van der Waals surface area contributed by atoms with Crippen molar-refractivity contribution in [2.24, 2.45) is 5.92 Å². The Kier molecular flexibility index (Phi) is 5.36. The van der Waals surface area contributed by atoms with Gasteiger partial charge in [-0.15, -0.1) is 0 Å². The van der Waals surface area contributed by atoms with Crippen LogP contribution >= 0.6 is 0 Å². The van der Waals surface area contributed by atoms with Gasteiger partial charge in [0.25, 0.3) is 0 Å². The molecule has 6 heteroatoms. The van der Waals surface area contributed by atoms with Gasteiger partial charge in [0.15, 0.2) is 0 Å². The fraction of sp³-hybridized carbons (Fsp3) is 0.471. The van der Waals surface area contributed by atoms with E-state index in [0.29, 0.717) is 6.54 Å². The molecule has 0 bridgehead atoms. The van der Waals surface area contributed by atoms with Crippen LogP contribution in [0.1, 0.15) is 25.8 Å². The number of nitrogens with zero attached hydrogens (tertiary/aromatic N) is 2. The van der Waals surface area contributed by atoms with E-state index in [1.807, 2.05) is 43.7 Å². The van der Waals surface area contributed by atoms with E-state index in [0.717, 1.165) is 16.5 Å². The maximum absolute atomic E-state index is 12.1. The molecule has 0 spiro atoms. The highest BCUT2D eigenvalue weighted by atomic mass is 16.5. The minimum atomic E-state index is -0.621. The van der Waals surface area contributed by atoms with Crippen LogP contribution in [0.5, 0.6) is 0 Å². The van der Waals surface area contributed by atoms with Crippen LogP contribution in [0.2, 0.25) is 0 Å². The predicted molar refractivity (Wildman–Crippen MR) is 87.9 cm³/mol. The molecule has 6 nitrogen and oxygen atoms in total. The summed E-state index contributed by atoms with van der Waals surface area (Å²) in [7, 11) is 1.32. The molecule has 1 amide bonds. The molecule has 1 aromatic heterocycles. The fourth-order valence-electron chi connectivity index (χ4n) is 2.44. The number of esters is 1. The van der Waals surface area contributed by atoms with E-state index in [1.165, 1.54) is 7.11 Å². The first kappa shape index (κ1) is 17.0. The molecule has 2 aromatic rings. The molecule has 1 N–H and O–H groups in total. The van der Waals surface area contributed by atoms with Crippen molar-refractivity contribution >= 4 is 22.8 Å². The van der Waals surface area contributed by atoms with Crippen molar-refractivity contribution in [2.75, 3.05) is 7.11 Å². The third kappa shape index (κ3) is 4.09. The highest BCUT2D eigenvalue weighted by Gasteiger charge is 2.24. The highest BCUT2D eigenvalue weighted by Crippen LogP contribution is 2.15. The lowest BCUT2D eigenvalue weighted by atomic mass is 10.0. The highest BCUT2D eigenvalue weighted by molar-refractivity contribution is 5.85. The summed E-state index contributed by atoms with van der Waals surface area (Å²) in [6, 6.07) is 5.47. The predicted octanol–water partition coefficient (Wildman–Crippen LogP) is 2.05. The number of ether oxygens (including phenoxy) is 1. The third-order valence-electron chi connectivity index (χ3n) is 3.79. The van der Waals surface area contributed by atoms with Gasteiger partial charge in [0.2, 0.25) is 5.91 Å². The molecule has 1 atom stereocenters. The maximum atomic E-state index is 12.1. The second kappa shape index (κ2) is 7.26. The topological polar surface area (TPSA) is 73.2 Å². The van der Waals surface area contributed by atoms with Gasteiger partial charge < -0.3 is 10.1 Å². The summed E-state index contributed by atoms with van der Waals surface area (Å²) >= 11 is 0. The van der Waals surface area contributed by atoms with Gasteiger partial charge in [-0.3, -0.25) is 9.48 Å². The average Bonchev–Trinajstić information content (AvgIpc) is 2.91. The second-order valence-electron chi connectivity index (χ2n) is 5.99. The summed E-state index contributed by atoms with van der Waals surface area (Å²) in [5, 5.41) is 8.10. The summed E-state index contributed by atoms with van der Waals surface area (Å²) in [5.74, 6) is -0.640. The van der Waals surface area contributed by atoms with Crippen LogP contribution in [0, 0.1) is 12.8 Å². The van der Waals surface area contributed by atoms with E-state index >= 15 is 0 Å². The van der Waals surface area contributed by atoms with Crippen LogP contribution in [0.15, 0.2) is 24.4 Å². The Labute approximate surface area is 135 Å². The summed E-state index contributed by atoms with van der Waals surface area (Å²) in [4.78, 5) is 23.8. The Hall–Kier alpha value is -2.37. The Morgan fingerprint density at radius 3 is 2.74 bits per heavy atom. The lowest BCUT2D eigenvalue weighted by molar-refractivity contribution is -0.146. The van der Waals surface area contributed by atoms with Gasteiger partial charge in [-0.25, -0.2) is 4.79 Å². The number of hydrogen-bond donors (Lipinski definition) is 1. The van der Waals surface area contributed by atoms with Crippen molar-refractivity contribution in [3.8, 4) is 0 Å². The SMILES string of the molecule is COC(=O)C(NC(=O)CCn1ncc2ccc(C)cc21)C(C)C. The van der Waals surface area contributed by atoms with E-state index in [9.17, 15) is 9.59 Å². The van der Waals surface area contributed by atoms with Gasteiger partial charge in [0, 0.05) is 11.8 Å². The van der Waals surface area contributed by atoms with Crippen molar-refractivity contribution in [1.82, 2.24) is 15.1 Å². The summed E-state index contributed by atoms with van der Waals surface area (Å²) in [5.41, 5.74) is 2.15. The van der Waals surface area contributed by atoms with Crippen molar-refractivity contribution in [3.63, 3.8) is 0 Å². The molecule has 1 unspecified atom stereocenters. The van der Waals surface area contributed by atoms with Crippen LogP contribution in [0.4, 0.5) is 0 Å². The number of carbonyl (C=O) groups is 2. The molecule has 0 aliphatic heterocycles. The summed E-state index contributed by atoms with van der Waals surface area (Å²) in [6.07, 6.45) is 2.04. The van der Waals surface area contributed by atoms with Gasteiger partial charge in [0.05, 0.1) is 25.4 Å². The Morgan fingerprint density at radius 1 is 1.35 bits per heavy atom. The second-order valence-corrected chi connectivity index (χ2v) is 5.99. The van der Waals surface area contributed by atoms with E-state index in [4.69, 9.17) is 4.74 Å². The zero-order valence-corrected chi connectivity index (χ0v) is 14.0. The number of carbonyl (C=O) groups excluding carboxylic acids is 2. The van der Waals surface area contributed by atoms with Gasteiger partial charge in [-0.1, -0.05) is 26.0 Å². The van der Waals surface area contributed by atoms with Gasteiger partial charge >= 0.3 is 5.97 Å². The standard InChI is InChI=1S/C17H23N3O3/c1-11(2)16(17(22)23-4)19-15(21)7-8-20-14-9-12(3)5-6-13(14)10-18-20/h5-6,9-11,16H,7-8H2,1-4H3,(H,19,21). The van der Waals surface area contributed by atoms with E-state index in [1.54, 1.807) is 6.20 Å². The molecule has 23 heavy (non-hydrogen) atoms. The maximum Gasteiger partial charge on any atom is 0.328 e. The molecule has 0 fully saturated rings. The lowest BCUT2D eigenvalue weighted by Gasteiger charge is -2.19. The quantitative estimate of drug-likeness (QED) is 0.828. The smallest absolute Gasteiger partial charge is 0.328 e. The Balaban J connectivity index is 2.00. The van der Waals surface area contributed by atoms with Crippen LogP contribution < -0.4 is 5.32 Å². The number of fused-ring (bicyclic) bond motifs is 1. The molecule has 124 valence electrons. The average molecular weight is 317 g/mol.